The van der Waals surface area contributed by atoms with Gasteiger partial charge in [-0.15, -0.1) is 0 Å². The number of nitrogens with one attached hydrogen (secondary N) is 1. The molecule has 1 amide bonds. The second-order valence-electron chi connectivity index (χ2n) is 6.64. The van der Waals surface area contributed by atoms with Gasteiger partial charge < -0.3 is 15.2 Å². The number of nitriles is 3. The Kier molecular flexibility index (Phi) is 3.49. The summed E-state index contributed by atoms with van der Waals surface area (Å²) in [6.07, 6.45) is -0.287. The minimum absolute atomic E-state index is 0.287. The van der Waals surface area contributed by atoms with E-state index in [2.05, 4.69) is 5.32 Å². The van der Waals surface area contributed by atoms with Gasteiger partial charge in [-0.1, -0.05) is 19.1 Å². The van der Waals surface area contributed by atoms with E-state index < -0.39 is 34.3 Å². The van der Waals surface area contributed by atoms with Crippen molar-refractivity contribution in [2.45, 2.75) is 25.0 Å². The number of aliphatic hydroxyl groups is 1. The average Bonchev–Trinajstić information content (AvgIpc) is 2.89. The number of hydrogen-bond acceptors (Lipinski definition) is 6. The maximum absolute atomic E-state index is 12.6. The lowest BCUT2D eigenvalue weighted by Crippen LogP contribution is -2.56. The van der Waals surface area contributed by atoms with Gasteiger partial charge >= 0.3 is 0 Å². The van der Waals surface area contributed by atoms with Crippen LogP contribution < -0.4 is 10.1 Å². The van der Waals surface area contributed by atoms with Crippen LogP contribution in [0.1, 0.15) is 24.8 Å². The molecule has 2 bridgehead atoms. The molecule has 1 aromatic rings. The van der Waals surface area contributed by atoms with Gasteiger partial charge in [0.1, 0.15) is 11.5 Å². The van der Waals surface area contributed by atoms with Crippen LogP contribution in [0.2, 0.25) is 0 Å². The molecule has 1 aliphatic carbocycles. The third-order valence-corrected chi connectivity index (χ3v) is 5.66. The molecule has 126 valence electrons. The summed E-state index contributed by atoms with van der Waals surface area (Å²) in [5.74, 6) is -1.65. The summed E-state index contributed by atoms with van der Waals surface area (Å²) in [7, 11) is 1.52. The number of methoxy groups -OCH3 is 1. The van der Waals surface area contributed by atoms with E-state index in [0.29, 0.717) is 11.3 Å². The molecule has 4 atom stereocenters. The van der Waals surface area contributed by atoms with Gasteiger partial charge in [0.15, 0.2) is 10.8 Å². The molecular formula is C18H16N4O3. The molecule has 7 heteroatoms. The van der Waals surface area contributed by atoms with Crippen molar-refractivity contribution in [3.63, 3.8) is 0 Å². The Balaban J connectivity index is 2.28. The molecule has 1 saturated carbocycles. The van der Waals surface area contributed by atoms with Crippen molar-refractivity contribution in [1.29, 1.82) is 15.8 Å². The molecule has 0 radical (unpaired) electrons. The largest absolute Gasteiger partial charge is 0.497 e. The van der Waals surface area contributed by atoms with E-state index in [1.807, 2.05) is 18.2 Å². The molecule has 1 saturated heterocycles. The molecule has 3 rings (SSSR count). The van der Waals surface area contributed by atoms with E-state index in [1.165, 1.54) is 7.11 Å². The quantitative estimate of drug-likeness (QED) is 0.834. The molecule has 0 unspecified atom stereocenters. The smallest absolute Gasteiger partial charge is 0.245 e. The number of carbonyl (C=O) groups is 1. The molecular weight excluding hydrogens is 320 g/mol. The second kappa shape index (κ2) is 5.21. The summed E-state index contributed by atoms with van der Waals surface area (Å²) in [4.78, 5) is 12.6. The van der Waals surface area contributed by atoms with Crippen molar-refractivity contribution in [3.05, 3.63) is 29.8 Å². The van der Waals surface area contributed by atoms with E-state index >= 15 is 0 Å². The summed E-state index contributed by atoms with van der Waals surface area (Å²) >= 11 is 0. The first kappa shape index (κ1) is 16.8. The maximum atomic E-state index is 12.6. The van der Waals surface area contributed by atoms with Crippen LogP contribution in [-0.2, 0) is 4.79 Å². The van der Waals surface area contributed by atoms with Crippen LogP contribution in [0.4, 0.5) is 0 Å². The van der Waals surface area contributed by atoms with Crippen molar-refractivity contribution in [2.75, 3.05) is 7.11 Å². The molecule has 1 aromatic carbocycles. The summed E-state index contributed by atoms with van der Waals surface area (Å²) in [6.45, 7) is 1.67. The SMILES string of the molecule is COc1ccc([C@@H]2[C@@H](C)[C@]3(O)C[C@](C#N)(C(=O)N3)C2(C#N)C#N)cc1. The highest BCUT2D eigenvalue weighted by Gasteiger charge is 2.76. The number of fused-ring (bicyclic) bond motifs is 2. The monoisotopic (exact) mass is 336 g/mol. The third-order valence-electron chi connectivity index (χ3n) is 5.66. The molecule has 7 nitrogen and oxygen atoms in total. The Morgan fingerprint density at radius 1 is 1.20 bits per heavy atom. The van der Waals surface area contributed by atoms with Crippen LogP contribution in [-0.4, -0.2) is 23.8 Å². The zero-order chi connectivity index (χ0) is 18.5. The fraction of sp³-hybridized carbons (Fsp3) is 0.444. The highest BCUT2D eigenvalue weighted by molar-refractivity contribution is 5.92. The average molecular weight is 336 g/mol. The Morgan fingerprint density at radius 3 is 2.28 bits per heavy atom. The summed E-state index contributed by atoms with van der Waals surface area (Å²) < 4.78 is 5.12. The predicted octanol–water partition coefficient (Wildman–Crippen LogP) is 1.18. The lowest BCUT2D eigenvalue weighted by Gasteiger charge is -2.48. The second-order valence-corrected chi connectivity index (χ2v) is 6.64. The van der Waals surface area contributed by atoms with Gasteiger partial charge in [0.05, 0.1) is 25.3 Å². The van der Waals surface area contributed by atoms with Crippen LogP contribution in [0, 0.1) is 50.7 Å². The van der Waals surface area contributed by atoms with E-state index in [1.54, 1.807) is 31.2 Å². The fourth-order valence-corrected chi connectivity index (χ4v) is 4.22. The maximum Gasteiger partial charge on any atom is 0.245 e. The first-order valence-corrected chi connectivity index (χ1v) is 7.77. The van der Waals surface area contributed by atoms with E-state index in [-0.39, 0.29) is 6.42 Å². The number of rotatable bonds is 2. The van der Waals surface area contributed by atoms with Gasteiger partial charge in [0.2, 0.25) is 5.91 Å². The molecule has 2 N–H and O–H groups in total. The third kappa shape index (κ3) is 1.83. The van der Waals surface area contributed by atoms with Crippen LogP contribution in [0.3, 0.4) is 0 Å². The van der Waals surface area contributed by atoms with E-state index in [9.17, 15) is 25.7 Å². The standard InChI is InChI=1S/C18H16N4O3/c1-11-14(12-3-5-13(25-2)6-4-12)17(9-20,10-21)16(8-19)7-18(11,24)22-15(16)23/h3-6,11,14,24H,7H2,1-2H3,(H,22,23)/t11-,14+,16+,18-/m1/s1. The molecule has 2 fully saturated rings. The summed E-state index contributed by atoms with van der Waals surface area (Å²) in [6, 6.07) is 12.5. The molecule has 1 aliphatic heterocycles. The normalized spacial score (nSPS) is 35.0. The van der Waals surface area contributed by atoms with Crippen molar-refractivity contribution in [3.8, 4) is 24.0 Å². The minimum atomic E-state index is -1.93. The van der Waals surface area contributed by atoms with Gasteiger partial charge in [0.25, 0.3) is 0 Å². The number of amides is 1. The van der Waals surface area contributed by atoms with Crippen molar-refractivity contribution >= 4 is 5.91 Å². The van der Waals surface area contributed by atoms with Crippen LogP contribution >= 0.6 is 0 Å². The number of benzene rings is 1. The Morgan fingerprint density at radius 2 is 1.80 bits per heavy atom. The lowest BCUT2D eigenvalue weighted by molar-refractivity contribution is -0.128. The molecule has 2 aliphatic rings. The summed E-state index contributed by atoms with van der Waals surface area (Å²) in [5, 5.41) is 42.9. The van der Waals surface area contributed by atoms with Crippen LogP contribution in [0.15, 0.2) is 24.3 Å². The van der Waals surface area contributed by atoms with Gasteiger partial charge in [-0.3, -0.25) is 4.79 Å². The Hall–Kier alpha value is -3.08. The highest BCUT2D eigenvalue weighted by Crippen LogP contribution is 2.64. The van der Waals surface area contributed by atoms with Crippen molar-refractivity contribution in [2.24, 2.45) is 16.7 Å². The van der Waals surface area contributed by atoms with Gasteiger partial charge in [-0.25, -0.2) is 0 Å². The van der Waals surface area contributed by atoms with Crippen LogP contribution in [0.5, 0.6) is 5.75 Å². The highest BCUT2D eigenvalue weighted by atomic mass is 16.5. The molecule has 25 heavy (non-hydrogen) atoms. The molecule has 0 spiro atoms. The zero-order valence-electron chi connectivity index (χ0n) is 13.8. The lowest BCUT2D eigenvalue weighted by atomic mass is 9.49. The number of carbonyl (C=O) groups excluding carboxylic acids is 1. The van der Waals surface area contributed by atoms with Crippen LogP contribution in [0.25, 0.3) is 0 Å². The van der Waals surface area contributed by atoms with E-state index in [0.717, 1.165) is 0 Å². The van der Waals surface area contributed by atoms with Crippen molar-refractivity contribution in [1.82, 2.24) is 5.32 Å². The summed E-state index contributed by atoms with van der Waals surface area (Å²) in [5.41, 5.74) is -4.90. The first-order chi connectivity index (χ1) is 11.8. The number of nitrogens with zero attached hydrogens (tertiary/aromatic N) is 3. The van der Waals surface area contributed by atoms with Gasteiger partial charge in [-0.2, -0.15) is 15.8 Å². The number of ether oxygens (including phenoxy) is 1. The number of hydrogen-bond donors (Lipinski definition) is 2. The van der Waals surface area contributed by atoms with Gasteiger partial charge in [-0.05, 0) is 17.7 Å². The fourth-order valence-electron chi connectivity index (χ4n) is 4.22. The predicted molar refractivity (Wildman–Crippen MR) is 84.3 cm³/mol. The zero-order valence-corrected chi connectivity index (χ0v) is 13.8. The minimum Gasteiger partial charge on any atom is -0.497 e. The van der Waals surface area contributed by atoms with Gasteiger partial charge in [0, 0.05) is 18.3 Å². The topological polar surface area (TPSA) is 130 Å². The van der Waals surface area contributed by atoms with Crippen molar-refractivity contribution < 1.29 is 14.6 Å². The Labute approximate surface area is 145 Å². The first-order valence-electron chi connectivity index (χ1n) is 7.77. The Bertz CT molecular complexity index is 846. The van der Waals surface area contributed by atoms with E-state index in [4.69, 9.17) is 4.74 Å². The molecule has 1 heterocycles. The molecule has 0 aromatic heterocycles.